The minimum absolute atomic E-state index is 0.0174. The fraction of sp³-hybridized carbons (Fsp3) is 0.316. The Kier molecular flexibility index (Phi) is 6.00. The van der Waals surface area contributed by atoms with Crippen molar-refractivity contribution in [3.05, 3.63) is 54.0 Å². The number of halogens is 4. The summed E-state index contributed by atoms with van der Waals surface area (Å²) in [7, 11) is 0. The van der Waals surface area contributed by atoms with E-state index < -0.39 is 29.4 Å². The molecule has 154 valence electrons. The summed E-state index contributed by atoms with van der Waals surface area (Å²) in [4.78, 5) is 29.3. The lowest BCUT2D eigenvalue weighted by atomic mass is 10.1. The minimum atomic E-state index is -4.54. The topological polar surface area (TPSA) is 74.3 Å². The molecule has 6 nitrogen and oxygen atoms in total. The lowest BCUT2D eigenvalue weighted by molar-refractivity contribution is -0.137. The number of aromatic nitrogens is 1. The van der Waals surface area contributed by atoms with Gasteiger partial charge in [-0.15, -0.1) is 0 Å². The molecule has 1 aromatic carbocycles. The lowest BCUT2D eigenvalue weighted by Gasteiger charge is -2.17. The first kappa shape index (κ1) is 20.6. The fourth-order valence-corrected chi connectivity index (χ4v) is 3.07. The average molecular weight is 410 g/mol. The molecule has 2 amide bonds. The quantitative estimate of drug-likeness (QED) is 0.567. The molecule has 1 aliphatic heterocycles. The second kappa shape index (κ2) is 8.46. The van der Waals surface area contributed by atoms with Gasteiger partial charge in [-0.3, -0.25) is 9.59 Å². The van der Waals surface area contributed by atoms with Gasteiger partial charge in [0.05, 0.1) is 17.2 Å². The van der Waals surface area contributed by atoms with Crippen molar-refractivity contribution in [3.63, 3.8) is 0 Å². The van der Waals surface area contributed by atoms with Crippen LogP contribution in [0.3, 0.4) is 0 Å². The first-order chi connectivity index (χ1) is 13.8. The van der Waals surface area contributed by atoms with Crippen LogP contribution in [-0.4, -0.2) is 36.4 Å². The second-order valence-corrected chi connectivity index (χ2v) is 6.47. The maximum absolute atomic E-state index is 13.9. The zero-order valence-corrected chi connectivity index (χ0v) is 15.2. The predicted molar refractivity (Wildman–Crippen MR) is 97.6 cm³/mol. The molecular formula is C19H18F4N4O2. The molecular weight excluding hydrogens is 392 g/mol. The molecule has 10 heteroatoms. The van der Waals surface area contributed by atoms with Crippen LogP contribution in [0.5, 0.6) is 0 Å². The van der Waals surface area contributed by atoms with Crippen LogP contribution in [0.15, 0.2) is 42.6 Å². The molecule has 1 saturated heterocycles. The van der Waals surface area contributed by atoms with Crippen molar-refractivity contribution in [1.29, 1.82) is 0 Å². The Morgan fingerprint density at radius 2 is 1.93 bits per heavy atom. The lowest BCUT2D eigenvalue weighted by Crippen LogP contribution is -2.35. The highest BCUT2D eigenvalue weighted by molar-refractivity contribution is 6.00. The molecule has 0 bridgehead atoms. The molecule has 1 fully saturated rings. The number of para-hydroxylation sites is 1. The number of alkyl halides is 3. The highest BCUT2D eigenvalue weighted by Gasteiger charge is 2.36. The molecule has 2 N–H and O–H groups in total. The molecule has 1 atom stereocenters. The van der Waals surface area contributed by atoms with E-state index in [1.807, 2.05) is 0 Å². The molecule has 2 heterocycles. The van der Waals surface area contributed by atoms with Gasteiger partial charge in [-0.2, -0.15) is 13.2 Å². The van der Waals surface area contributed by atoms with Crippen molar-refractivity contribution in [1.82, 2.24) is 10.3 Å². The van der Waals surface area contributed by atoms with E-state index in [0.717, 1.165) is 6.07 Å². The second-order valence-electron chi connectivity index (χ2n) is 6.47. The number of hydrogen-bond acceptors (Lipinski definition) is 4. The van der Waals surface area contributed by atoms with Crippen LogP contribution < -0.4 is 15.5 Å². The number of pyridine rings is 1. The van der Waals surface area contributed by atoms with Crippen LogP contribution in [0.25, 0.3) is 0 Å². The van der Waals surface area contributed by atoms with Gasteiger partial charge in [0.2, 0.25) is 11.8 Å². The SMILES string of the molecule is O=C(NCCNc1ncccc1C(F)(F)F)C1CC(=O)N(c2ccccc2F)C1. The summed E-state index contributed by atoms with van der Waals surface area (Å²) in [5.41, 5.74) is -0.780. The van der Waals surface area contributed by atoms with Gasteiger partial charge < -0.3 is 15.5 Å². The summed E-state index contributed by atoms with van der Waals surface area (Å²) < 4.78 is 52.6. The van der Waals surface area contributed by atoms with E-state index in [1.165, 1.54) is 35.4 Å². The molecule has 1 aliphatic rings. The first-order valence-electron chi connectivity index (χ1n) is 8.86. The third kappa shape index (κ3) is 4.82. The average Bonchev–Trinajstić information content (AvgIpc) is 3.06. The summed E-state index contributed by atoms with van der Waals surface area (Å²) in [6.45, 7) is 0.0953. The molecule has 1 aromatic heterocycles. The Labute approximate surface area is 163 Å². The maximum Gasteiger partial charge on any atom is 0.419 e. The smallest absolute Gasteiger partial charge is 0.368 e. The summed E-state index contributed by atoms with van der Waals surface area (Å²) in [6.07, 6.45) is -3.37. The summed E-state index contributed by atoms with van der Waals surface area (Å²) >= 11 is 0. The van der Waals surface area contributed by atoms with Crippen molar-refractivity contribution in [3.8, 4) is 0 Å². The van der Waals surface area contributed by atoms with Gasteiger partial charge in [0.1, 0.15) is 11.6 Å². The van der Waals surface area contributed by atoms with Crippen LogP contribution in [0.1, 0.15) is 12.0 Å². The summed E-state index contributed by atoms with van der Waals surface area (Å²) in [5, 5.41) is 5.12. The molecule has 3 rings (SSSR count). The number of amides is 2. The fourth-order valence-electron chi connectivity index (χ4n) is 3.07. The van der Waals surface area contributed by atoms with E-state index >= 15 is 0 Å². The van der Waals surface area contributed by atoms with Crippen molar-refractivity contribution in [2.24, 2.45) is 5.92 Å². The highest BCUT2D eigenvalue weighted by Crippen LogP contribution is 2.33. The van der Waals surface area contributed by atoms with Gasteiger partial charge >= 0.3 is 6.18 Å². The molecule has 0 radical (unpaired) electrons. The number of hydrogen-bond donors (Lipinski definition) is 2. The largest absolute Gasteiger partial charge is 0.419 e. The maximum atomic E-state index is 13.9. The first-order valence-corrected chi connectivity index (χ1v) is 8.86. The van der Waals surface area contributed by atoms with Crippen molar-refractivity contribution >= 4 is 23.3 Å². The van der Waals surface area contributed by atoms with E-state index in [4.69, 9.17) is 0 Å². The van der Waals surface area contributed by atoms with Crippen molar-refractivity contribution in [2.75, 3.05) is 29.9 Å². The third-order valence-electron chi connectivity index (χ3n) is 4.47. The Morgan fingerprint density at radius 3 is 2.66 bits per heavy atom. The van der Waals surface area contributed by atoms with E-state index in [9.17, 15) is 27.2 Å². The Bertz CT molecular complexity index is 904. The van der Waals surface area contributed by atoms with Gasteiger partial charge in [0.25, 0.3) is 0 Å². The van der Waals surface area contributed by atoms with Gasteiger partial charge in [-0.25, -0.2) is 9.37 Å². The van der Waals surface area contributed by atoms with Gasteiger partial charge in [0, 0.05) is 32.3 Å². The number of anilines is 2. The number of carbonyl (C=O) groups is 2. The summed E-state index contributed by atoms with van der Waals surface area (Å²) in [6, 6.07) is 7.89. The van der Waals surface area contributed by atoms with E-state index in [-0.39, 0.29) is 43.5 Å². The Morgan fingerprint density at radius 1 is 1.17 bits per heavy atom. The molecule has 0 aliphatic carbocycles. The molecule has 0 spiro atoms. The number of nitrogens with one attached hydrogen (secondary N) is 2. The molecule has 0 saturated carbocycles. The van der Waals surface area contributed by atoms with E-state index in [2.05, 4.69) is 15.6 Å². The Hall–Kier alpha value is -3.17. The molecule has 29 heavy (non-hydrogen) atoms. The van der Waals surface area contributed by atoms with Crippen LogP contribution in [-0.2, 0) is 15.8 Å². The zero-order chi connectivity index (χ0) is 21.0. The number of benzene rings is 1. The number of carbonyl (C=O) groups excluding carboxylic acids is 2. The predicted octanol–water partition coefficient (Wildman–Crippen LogP) is 2.82. The van der Waals surface area contributed by atoms with Gasteiger partial charge in [-0.05, 0) is 24.3 Å². The Balaban J connectivity index is 1.51. The van der Waals surface area contributed by atoms with Gasteiger partial charge in [-0.1, -0.05) is 12.1 Å². The van der Waals surface area contributed by atoms with Gasteiger partial charge in [0.15, 0.2) is 0 Å². The van der Waals surface area contributed by atoms with E-state index in [1.54, 1.807) is 6.07 Å². The number of rotatable bonds is 6. The molecule has 2 aromatic rings. The standard InChI is InChI=1S/C19H18F4N4O2/c20-14-5-1-2-6-15(14)27-11-12(10-16(27)28)18(29)26-9-8-25-17-13(19(21,22)23)4-3-7-24-17/h1-7,12H,8-11H2,(H,24,25)(H,26,29). The third-order valence-corrected chi connectivity index (χ3v) is 4.47. The highest BCUT2D eigenvalue weighted by atomic mass is 19.4. The van der Waals surface area contributed by atoms with Crippen molar-refractivity contribution < 1.29 is 27.2 Å². The monoisotopic (exact) mass is 410 g/mol. The van der Waals surface area contributed by atoms with Crippen LogP contribution in [0, 0.1) is 11.7 Å². The normalized spacial score (nSPS) is 16.8. The summed E-state index contributed by atoms with van der Waals surface area (Å²) in [5.74, 6) is -2.33. The van der Waals surface area contributed by atoms with Crippen LogP contribution in [0.4, 0.5) is 29.1 Å². The minimum Gasteiger partial charge on any atom is -0.368 e. The zero-order valence-electron chi connectivity index (χ0n) is 15.2. The molecule has 1 unspecified atom stereocenters. The van der Waals surface area contributed by atoms with E-state index in [0.29, 0.717) is 0 Å². The van der Waals surface area contributed by atoms with Crippen LogP contribution in [0.2, 0.25) is 0 Å². The van der Waals surface area contributed by atoms with Crippen LogP contribution >= 0.6 is 0 Å². The number of nitrogens with zero attached hydrogens (tertiary/aromatic N) is 2. The van der Waals surface area contributed by atoms with Crippen molar-refractivity contribution in [2.45, 2.75) is 12.6 Å².